The zero-order valence-electron chi connectivity index (χ0n) is 6.10. The van der Waals surface area contributed by atoms with E-state index in [0.717, 1.165) is 25.9 Å². The highest BCUT2D eigenvalue weighted by molar-refractivity contribution is 5.12. The van der Waals surface area contributed by atoms with Crippen LogP contribution in [0.5, 0.6) is 0 Å². The molecule has 0 aromatic rings. The fourth-order valence-electron chi connectivity index (χ4n) is 2.18. The van der Waals surface area contributed by atoms with E-state index in [1.165, 1.54) is 0 Å². The van der Waals surface area contributed by atoms with Crippen LogP contribution >= 0.6 is 0 Å². The molecule has 2 heterocycles. The molecule has 3 aliphatic rings. The van der Waals surface area contributed by atoms with Gasteiger partial charge in [0, 0.05) is 18.7 Å². The van der Waals surface area contributed by atoms with Crippen molar-refractivity contribution in [3.05, 3.63) is 0 Å². The van der Waals surface area contributed by atoms with Gasteiger partial charge >= 0.3 is 0 Å². The third-order valence-electron chi connectivity index (χ3n) is 2.73. The normalized spacial score (nSPS) is 52.2. The van der Waals surface area contributed by atoms with Crippen LogP contribution in [0.3, 0.4) is 0 Å². The molecule has 2 bridgehead atoms. The van der Waals surface area contributed by atoms with Gasteiger partial charge in [-0.3, -0.25) is 0 Å². The molecule has 0 atom stereocenters. The minimum atomic E-state index is -0.0208. The van der Waals surface area contributed by atoms with Crippen molar-refractivity contribution in [2.24, 2.45) is 11.5 Å². The Kier molecular flexibility index (Phi) is 1.14. The average Bonchev–Trinajstić information content (AvgIpc) is 1.86. The quantitative estimate of drug-likeness (QED) is 0.523. The second kappa shape index (κ2) is 1.72. The van der Waals surface area contributed by atoms with E-state index in [2.05, 4.69) is 0 Å². The maximum absolute atomic E-state index is 5.97. The SMILES string of the molecule is NCC12CC(N)(CCO1)C2. The van der Waals surface area contributed by atoms with E-state index in [0.29, 0.717) is 6.54 Å². The van der Waals surface area contributed by atoms with Crippen molar-refractivity contribution in [1.82, 2.24) is 0 Å². The van der Waals surface area contributed by atoms with Crippen molar-refractivity contribution in [3.8, 4) is 0 Å². The van der Waals surface area contributed by atoms with Gasteiger partial charge in [0.25, 0.3) is 0 Å². The van der Waals surface area contributed by atoms with E-state index in [4.69, 9.17) is 16.2 Å². The molecule has 0 amide bonds. The molecule has 0 spiro atoms. The largest absolute Gasteiger partial charge is 0.373 e. The Balaban J connectivity index is 2.08. The van der Waals surface area contributed by atoms with Gasteiger partial charge < -0.3 is 16.2 Å². The lowest BCUT2D eigenvalue weighted by Gasteiger charge is -2.58. The number of nitrogens with two attached hydrogens (primary N) is 2. The summed E-state index contributed by atoms with van der Waals surface area (Å²) in [6.45, 7) is 1.43. The molecule has 3 fully saturated rings. The second-order valence-electron chi connectivity index (χ2n) is 3.70. The topological polar surface area (TPSA) is 61.3 Å². The van der Waals surface area contributed by atoms with Crippen LogP contribution in [0.1, 0.15) is 19.3 Å². The number of rotatable bonds is 1. The van der Waals surface area contributed by atoms with Gasteiger partial charge in [0.2, 0.25) is 0 Å². The molecule has 58 valence electrons. The van der Waals surface area contributed by atoms with Crippen molar-refractivity contribution in [3.63, 3.8) is 0 Å². The van der Waals surface area contributed by atoms with Crippen LogP contribution in [-0.2, 0) is 4.74 Å². The first-order valence-electron chi connectivity index (χ1n) is 3.81. The molecular formula is C7H14N2O. The predicted molar refractivity (Wildman–Crippen MR) is 38.5 cm³/mol. The number of ether oxygens (including phenoxy) is 1. The van der Waals surface area contributed by atoms with Crippen LogP contribution in [0.15, 0.2) is 0 Å². The Morgan fingerprint density at radius 3 is 2.50 bits per heavy atom. The first-order valence-corrected chi connectivity index (χ1v) is 3.81. The third-order valence-corrected chi connectivity index (χ3v) is 2.73. The van der Waals surface area contributed by atoms with Crippen molar-refractivity contribution in [2.75, 3.05) is 13.2 Å². The number of fused-ring (bicyclic) bond motifs is 2. The molecule has 3 nitrogen and oxygen atoms in total. The zero-order chi connectivity index (χ0) is 7.24. The van der Waals surface area contributed by atoms with Crippen LogP contribution in [0.25, 0.3) is 0 Å². The minimum Gasteiger partial charge on any atom is -0.373 e. The summed E-state index contributed by atoms with van der Waals surface area (Å²) < 4.78 is 5.54. The van der Waals surface area contributed by atoms with Gasteiger partial charge in [-0.1, -0.05) is 0 Å². The molecule has 0 radical (unpaired) electrons. The molecular weight excluding hydrogens is 128 g/mol. The fourth-order valence-corrected chi connectivity index (χ4v) is 2.18. The molecule has 0 aromatic heterocycles. The molecule has 10 heavy (non-hydrogen) atoms. The second-order valence-corrected chi connectivity index (χ2v) is 3.70. The Morgan fingerprint density at radius 2 is 2.10 bits per heavy atom. The molecule has 1 saturated carbocycles. The Morgan fingerprint density at radius 1 is 1.40 bits per heavy atom. The molecule has 4 N–H and O–H groups in total. The number of hydrogen-bond acceptors (Lipinski definition) is 3. The third kappa shape index (κ3) is 0.713. The van der Waals surface area contributed by atoms with Crippen molar-refractivity contribution in [1.29, 1.82) is 0 Å². The highest BCUT2D eigenvalue weighted by atomic mass is 16.5. The van der Waals surface area contributed by atoms with E-state index in [9.17, 15) is 0 Å². The van der Waals surface area contributed by atoms with Crippen LogP contribution in [0, 0.1) is 0 Å². The van der Waals surface area contributed by atoms with Gasteiger partial charge in [0.15, 0.2) is 0 Å². The van der Waals surface area contributed by atoms with Gasteiger partial charge in [0.05, 0.1) is 5.60 Å². The average molecular weight is 142 g/mol. The molecule has 0 unspecified atom stereocenters. The van der Waals surface area contributed by atoms with Crippen molar-refractivity contribution < 1.29 is 4.74 Å². The number of hydrogen-bond donors (Lipinski definition) is 2. The molecule has 2 saturated heterocycles. The standard InChI is InChI=1S/C7H14N2O/c8-5-7-3-6(9,4-7)1-2-10-7/h1-5,8-9H2. The summed E-state index contributed by atoms with van der Waals surface area (Å²) in [5, 5.41) is 0. The fraction of sp³-hybridized carbons (Fsp3) is 1.00. The molecule has 3 rings (SSSR count). The Hall–Kier alpha value is -0.120. The minimum absolute atomic E-state index is 0.0208. The Bertz CT molecular complexity index is 152. The smallest absolute Gasteiger partial charge is 0.0839 e. The van der Waals surface area contributed by atoms with Crippen LogP contribution in [-0.4, -0.2) is 24.3 Å². The summed E-state index contributed by atoms with van der Waals surface area (Å²) in [5.74, 6) is 0. The lowest BCUT2D eigenvalue weighted by atomic mass is 9.62. The lowest BCUT2D eigenvalue weighted by Crippen LogP contribution is -2.69. The molecule has 1 aliphatic carbocycles. The van der Waals surface area contributed by atoms with E-state index in [-0.39, 0.29) is 11.1 Å². The summed E-state index contributed by atoms with van der Waals surface area (Å²) in [6, 6.07) is 0. The molecule has 0 aromatic carbocycles. The van der Waals surface area contributed by atoms with Crippen molar-refractivity contribution >= 4 is 0 Å². The molecule has 3 heteroatoms. The lowest BCUT2D eigenvalue weighted by molar-refractivity contribution is -0.181. The van der Waals surface area contributed by atoms with Crippen LogP contribution in [0.2, 0.25) is 0 Å². The highest BCUT2D eigenvalue weighted by Gasteiger charge is 2.55. The van der Waals surface area contributed by atoms with E-state index in [1.807, 2.05) is 0 Å². The summed E-state index contributed by atoms with van der Waals surface area (Å²) >= 11 is 0. The van der Waals surface area contributed by atoms with Gasteiger partial charge in [0.1, 0.15) is 0 Å². The predicted octanol–water partition coefficient (Wildman–Crippen LogP) is -0.405. The van der Waals surface area contributed by atoms with Crippen LogP contribution < -0.4 is 11.5 Å². The molecule has 2 aliphatic heterocycles. The van der Waals surface area contributed by atoms with Crippen molar-refractivity contribution in [2.45, 2.75) is 30.4 Å². The van der Waals surface area contributed by atoms with Gasteiger partial charge in [-0.2, -0.15) is 0 Å². The van der Waals surface area contributed by atoms with E-state index in [1.54, 1.807) is 0 Å². The summed E-state index contributed by atoms with van der Waals surface area (Å²) in [7, 11) is 0. The van der Waals surface area contributed by atoms with Gasteiger partial charge in [-0.05, 0) is 19.3 Å². The summed E-state index contributed by atoms with van der Waals surface area (Å²) in [4.78, 5) is 0. The maximum atomic E-state index is 5.97. The summed E-state index contributed by atoms with van der Waals surface area (Å²) in [6.07, 6.45) is 2.95. The monoisotopic (exact) mass is 142 g/mol. The first kappa shape index (κ1) is 6.58. The Labute approximate surface area is 60.7 Å². The zero-order valence-corrected chi connectivity index (χ0v) is 6.10. The van der Waals surface area contributed by atoms with Crippen LogP contribution in [0.4, 0.5) is 0 Å². The highest BCUT2D eigenvalue weighted by Crippen LogP contribution is 2.47. The summed E-state index contributed by atoms with van der Waals surface area (Å²) in [5.41, 5.74) is 11.6. The van der Waals surface area contributed by atoms with E-state index < -0.39 is 0 Å². The van der Waals surface area contributed by atoms with Gasteiger partial charge in [-0.25, -0.2) is 0 Å². The first-order chi connectivity index (χ1) is 4.68. The maximum Gasteiger partial charge on any atom is 0.0839 e. The van der Waals surface area contributed by atoms with E-state index >= 15 is 0 Å². The van der Waals surface area contributed by atoms with Gasteiger partial charge in [-0.15, -0.1) is 0 Å².